The van der Waals surface area contributed by atoms with Crippen LogP contribution in [0.1, 0.15) is 15.9 Å². The third kappa shape index (κ3) is 2.21. The van der Waals surface area contributed by atoms with Gasteiger partial charge in [-0.1, -0.05) is 0 Å². The highest BCUT2D eigenvalue weighted by Crippen LogP contribution is 2.28. The molecule has 0 aromatic heterocycles. The number of carboxylic acid groups (broad SMARTS) is 1. The summed E-state index contributed by atoms with van der Waals surface area (Å²) in [5.41, 5.74) is -1.01. The van der Waals surface area contributed by atoms with E-state index in [0.29, 0.717) is 0 Å². The fourth-order valence-electron chi connectivity index (χ4n) is 0.802. The van der Waals surface area contributed by atoms with Crippen molar-refractivity contribution in [3.05, 3.63) is 35.4 Å². The molecule has 0 saturated carbocycles. The molecule has 1 rings (SSSR count). The lowest BCUT2D eigenvalue weighted by molar-refractivity contribution is -0.137. The summed E-state index contributed by atoms with van der Waals surface area (Å²) in [6, 6.07) is 3.32. The van der Waals surface area contributed by atoms with Crippen molar-refractivity contribution in [2.75, 3.05) is 0 Å². The Morgan fingerprint density at radius 1 is 1.15 bits per heavy atom. The molecule has 0 saturated heterocycles. The number of halogens is 3. The molecule has 0 unspecified atom stereocenters. The maximum absolute atomic E-state index is 12.0. The van der Waals surface area contributed by atoms with Gasteiger partial charge in [0.25, 0.3) is 0 Å². The first-order valence-corrected chi connectivity index (χ1v) is 3.32. The molecule has 0 amide bonds. The number of carboxylic acids is 1. The van der Waals surface area contributed by atoms with E-state index in [1.165, 1.54) is 0 Å². The van der Waals surface area contributed by atoms with Crippen LogP contribution in [0.5, 0.6) is 0 Å². The Labute approximate surface area is 71.6 Å². The van der Waals surface area contributed by atoms with E-state index in [9.17, 15) is 18.0 Å². The van der Waals surface area contributed by atoms with Crippen molar-refractivity contribution in [1.82, 2.24) is 0 Å². The predicted molar refractivity (Wildman–Crippen MR) is 38.4 cm³/mol. The Morgan fingerprint density at radius 3 is 1.92 bits per heavy atom. The van der Waals surface area contributed by atoms with Gasteiger partial charge in [0.1, 0.15) is 0 Å². The lowest BCUT2D eigenvalue weighted by Gasteiger charge is -2.05. The van der Waals surface area contributed by atoms with Gasteiger partial charge in [-0.3, -0.25) is 0 Å². The Morgan fingerprint density at radius 2 is 1.62 bits per heavy atom. The van der Waals surface area contributed by atoms with Crippen molar-refractivity contribution < 1.29 is 23.1 Å². The molecule has 70 valence electrons. The molecular weight excluding hydrogens is 184 g/mol. The van der Waals surface area contributed by atoms with E-state index in [0.717, 1.165) is 24.3 Å². The van der Waals surface area contributed by atoms with E-state index >= 15 is 0 Å². The first kappa shape index (κ1) is 9.57. The van der Waals surface area contributed by atoms with Crippen LogP contribution in [-0.4, -0.2) is 11.1 Å². The third-order valence-electron chi connectivity index (χ3n) is 1.46. The van der Waals surface area contributed by atoms with Crippen molar-refractivity contribution in [3.8, 4) is 0 Å². The maximum Gasteiger partial charge on any atom is 0.416 e. The smallest absolute Gasteiger partial charge is 0.416 e. The molecule has 0 heterocycles. The van der Waals surface area contributed by atoms with Crippen LogP contribution in [0.25, 0.3) is 0 Å². The monoisotopic (exact) mass is 189 g/mol. The Kier molecular flexibility index (Phi) is 2.27. The van der Waals surface area contributed by atoms with Crippen LogP contribution in [-0.2, 0) is 6.18 Å². The molecule has 5 heteroatoms. The fraction of sp³-hybridized carbons (Fsp3) is 0.125. The predicted octanol–water partition coefficient (Wildman–Crippen LogP) is 2.40. The SMILES string of the molecule is O=C(O)c1ccc(C(F)(F)[18F])cc1. The number of hydrogen-bond donors (Lipinski definition) is 1. The number of hydrogen-bond acceptors (Lipinski definition) is 1. The van der Waals surface area contributed by atoms with E-state index in [2.05, 4.69) is 0 Å². The molecule has 0 aliphatic heterocycles. The molecule has 0 fully saturated rings. The standard InChI is InChI=1S/C8H5F3O2/c9-8(10,11)6-3-1-5(2-4-6)7(12)13/h1-4H,(H,12,13)/i9-1. The molecule has 0 atom stereocenters. The lowest BCUT2D eigenvalue weighted by atomic mass is 10.1. The Balaban J connectivity index is 3.01. The first-order chi connectivity index (χ1) is 5.91. The van der Waals surface area contributed by atoms with Crippen LogP contribution >= 0.6 is 0 Å². The highest BCUT2D eigenvalue weighted by molar-refractivity contribution is 5.87. The zero-order valence-electron chi connectivity index (χ0n) is 6.30. The van der Waals surface area contributed by atoms with Gasteiger partial charge < -0.3 is 5.11 Å². The van der Waals surface area contributed by atoms with Crippen LogP contribution in [0.2, 0.25) is 0 Å². The molecule has 0 aliphatic rings. The van der Waals surface area contributed by atoms with E-state index in [-0.39, 0.29) is 5.56 Å². The van der Waals surface area contributed by atoms with Crippen molar-refractivity contribution in [2.24, 2.45) is 0 Å². The molecular formula is C8H5F3O2. The number of aromatic carboxylic acids is 1. The number of alkyl halides is 3. The summed E-state index contributed by atoms with van der Waals surface area (Å²) < 4.78 is 35.9. The number of carbonyl (C=O) groups is 1. The van der Waals surface area contributed by atoms with Gasteiger partial charge in [0.15, 0.2) is 0 Å². The highest BCUT2D eigenvalue weighted by atomic mass is 19.3. The minimum absolute atomic E-state index is 0.159. The Hall–Kier alpha value is -1.52. The van der Waals surface area contributed by atoms with E-state index in [1.54, 1.807) is 0 Å². The molecule has 1 N–H and O–H groups in total. The normalized spacial score (nSPS) is 11.3. The Bertz CT molecular complexity index is 313. The summed E-state index contributed by atoms with van der Waals surface area (Å²) in [5.74, 6) is -1.24. The molecule has 2 nitrogen and oxygen atoms in total. The quantitative estimate of drug-likeness (QED) is 0.736. The minimum Gasteiger partial charge on any atom is -0.478 e. The maximum atomic E-state index is 12.0. The summed E-state index contributed by atoms with van der Waals surface area (Å²) >= 11 is 0. The largest absolute Gasteiger partial charge is 0.478 e. The molecule has 0 bridgehead atoms. The molecule has 0 aliphatic carbocycles. The van der Waals surface area contributed by atoms with Crippen molar-refractivity contribution in [2.45, 2.75) is 6.18 Å². The lowest BCUT2D eigenvalue weighted by Crippen LogP contribution is -2.05. The van der Waals surface area contributed by atoms with Crippen LogP contribution in [0, 0.1) is 0 Å². The molecule has 0 radical (unpaired) electrons. The van der Waals surface area contributed by atoms with Gasteiger partial charge in [0, 0.05) is 0 Å². The van der Waals surface area contributed by atoms with Gasteiger partial charge in [-0.05, 0) is 24.3 Å². The van der Waals surface area contributed by atoms with Crippen molar-refractivity contribution >= 4 is 5.97 Å². The average molecular weight is 189 g/mol. The molecule has 13 heavy (non-hydrogen) atoms. The van der Waals surface area contributed by atoms with Gasteiger partial charge in [-0.25, -0.2) is 4.79 Å². The van der Waals surface area contributed by atoms with Gasteiger partial charge in [-0.2, -0.15) is 13.2 Å². The second kappa shape index (κ2) is 3.08. The molecule has 0 spiro atoms. The van der Waals surface area contributed by atoms with Gasteiger partial charge in [-0.15, -0.1) is 0 Å². The molecule has 1 aromatic carbocycles. The van der Waals surface area contributed by atoms with Crippen LogP contribution in [0.4, 0.5) is 13.2 Å². The van der Waals surface area contributed by atoms with Gasteiger partial charge in [0.2, 0.25) is 0 Å². The summed E-state index contributed by atoms with van der Waals surface area (Å²) in [6.07, 6.45) is -4.42. The van der Waals surface area contributed by atoms with Crippen LogP contribution in [0.15, 0.2) is 24.3 Å². The first-order valence-electron chi connectivity index (χ1n) is 3.32. The highest BCUT2D eigenvalue weighted by Gasteiger charge is 2.30. The summed E-state index contributed by atoms with van der Waals surface area (Å²) in [4.78, 5) is 10.3. The number of benzene rings is 1. The topological polar surface area (TPSA) is 37.3 Å². The zero-order chi connectivity index (χ0) is 10.1. The number of rotatable bonds is 1. The van der Waals surface area contributed by atoms with Crippen molar-refractivity contribution in [3.63, 3.8) is 0 Å². The summed E-state index contributed by atoms with van der Waals surface area (Å²) in [7, 11) is 0. The minimum atomic E-state index is -4.42. The second-order valence-corrected chi connectivity index (χ2v) is 2.38. The van der Waals surface area contributed by atoms with Crippen LogP contribution in [0.3, 0.4) is 0 Å². The second-order valence-electron chi connectivity index (χ2n) is 2.38. The zero-order valence-corrected chi connectivity index (χ0v) is 6.30. The van der Waals surface area contributed by atoms with E-state index < -0.39 is 17.7 Å². The summed E-state index contributed by atoms with van der Waals surface area (Å²) in [5, 5.41) is 8.40. The summed E-state index contributed by atoms with van der Waals surface area (Å²) in [6.45, 7) is 0. The third-order valence-corrected chi connectivity index (χ3v) is 1.46. The van der Waals surface area contributed by atoms with Gasteiger partial charge >= 0.3 is 12.1 Å². The van der Waals surface area contributed by atoms with Crippen LogP contribution < -0.4 is 0 Å². The van der Waals surface area contributed by atoms with Gasteiger partial charge in [0.05, 0.1) is 11.1 Å². The van der Waals surface area contributed by atoms with E-state index in [1.807, 2.05) is 0 Å². The fourth-order valence-corrected chi connectivity index (χ4v) is 0.802. The van der Waals surface area contributed by atoms with E-state index in [4.69, 9.17) is 5.11 Å². The average Bonchev–Trinajstić information content (AvgIpc) is 2.03. The molecule has 1 aromatic rings. The van der Waals surface area contributed by atoms with Crippen molar-refractivity contribution in [1.29, 1.82) is 0 Å².